The van der Waals surface area contributed by atoms with Crippen molar-refractivity contribution in [2.45, 2.75) is 16.1 Å². The van der Waals surface area contributed by atoms with E-state index in [0.29, 0.717) is 6.42 Å². The van der Waals surface area contributed by atoms with E-state index >= 15 is 0 Å². The van der Waals surface area contributed by atoms with Crippen molar-refractivity contribution < 1.29 is 9.90 Å². The highest BCUT2D eigenvalue weighted by Gasteiger charge is 2.31. The fourth-order valence-corrected chi connectivity index (χ4v) is 1.45. The second kappa shape index (κ2) is 4.94. The number of carbonyl (C=O) groups is 1. The summed E-state index contributed by atoms with van der Waals surface area (Å²) in [5.74, 6) is -0.895. The smallest absolute Gasteiger partial charge is 0.331 e. The number of alkyl halides is 2. The molecule has 0 heterocycles. The van der Waals surface area contributed by atoms with E-state index < -0.39 is 9.20 Å². The Bertz CT molecular complexity index is 309. The zero-order valence-corrected chi connectivity index (χ0v) is 10.6. The Morgan fingerprint density at radius 1 is 1.29 bits per heavy atom. The third-order valence-electron chi connectivity index (χ3n) is 1.88. The van der Waals surface area contributed by atoms with Crippen LogP contribution in [-0.4, -0.2) is 14.3 Å². The second-order valence-corrected chi connectivity index (χ2v) is 6.77. The highest BCUT2D eigenvalue weighted by molar-refractivity contribution is 9.25. The molecule has 0 saturated heterocycles. The van der Waals surface area contributed by atoms with Crippen molar-refractivity contribution >= 4 is 37.8 Å². The topological polar surface area (TPSA) is 37.3 Å². The van der Waals surface area contributed by atoms with Gasteiger partial charge in [0, 0.05) is 0 Å². The van der Waals surface area contributed by atoms with E-state index in [9.17, 15) is 4.79 Å². The van der Waals surface area contributed by atoms with Crippen LogP contribution in [0.2, 0.25) is 0 Å². The first kappa shape index (κ1) is 11.7. The molecule has 14 heavy (non-hydrogen) atoms. The number of rotatable bonds is 4. The molecule has 0 spiro atoms. The lowest BCUT2D eigenvalue weighted by molar-refractivity contribution is -0.137. The number of aliphatic carboxylic acids is 1. The average molecular weight is 322 g/mol. The molecule has 0 radical (unpaired) electrons. The van der Waals surface area contributed by atoms with E-state index in [1.54, 1.807) is 0 Å². The first-order valence-electron chi connectivity index (χ1n) is 4.17. The standard InChI is InChI=1S/C10H10Br2O2/c11-10(12,9(13)14)7-6-8-4-2-1-3-5-8/h1-5H,6-7H2,(H,13,14). The van der Waals surface area contributed by atoms with Crippen LogP contribution in [0.4, 0.5) is 0 Å². The van der Waals surface area contributed by atoms with E-state index in [1.165, 1.54) is 0 Å². The first-order valence-corrected chi connectivity index (χ1v) is 5.76. The van der Waals surface area contributed by atoms with Gasteiger partial charge in [0.1, 0.15) is 0 Å². The predicted molar refractivity (Wildman–Crippen MR) is 63.0 cm³/mol. The van der Waals surface area contributed by atoms with E-state index in [2.05, 4.69) is 31.9 Å². The number of benzene rings is 1. The molecular formula is C10H10Br2O2. The Morgan fingerprint density at radius 2 is 1.86 bits per heavy atom. The lowest BCUT2D eigenvalue weighted by atomic mass is 10.1. The lowest BCUT2D eigenvalue weighted by Crippen LogP contribution is -2.24. The van der Waals surface area contributed by atoms with Gasteiger partial charge >= 0.3 is 5.97 Å². The second-order valence-electron chi connectivity index (χ2n) is 3.00. The van der Waals surface area contributed by atoms with Gasteiger partial charge in [-0.05, 0) is 18.4 Å². The largest absolute Gasteiger partial charge is 0.480 e. The molecule has 1 N–H and O–H groups in total. The van der Waals surface area contributed by atoms with Crippen molar-refractivity contribution in [3.8, 4) is 0 Å². The van der Waals surface area contributed by atoms with Gasteiger partial charge in [-0.3, -0.25) is 0 Å². The van der Waals surface area contributed by atoms with Crippen LogP contribution in [-0.2, 0) is 11.2 Å². The van der Waals surface area contributed by atoms with Crippen LogP contribution in [0.25, 0.3) is 0 Å². The highest BCUT2D eigenvalue weighted by atomic mass is 79.9. The molecule has 0 aliphatic carbocycles. The Morgan fingerprint density at radius 3 is 2.36 bits per heavy atom. The number of hydrogen-bond acceptors (Lipinski definition) is 1. The van der Waals surface area contributed by atoms with Crippen LogP contribution in [0, 0.1) is 0 Å². The minimum absolute atomic E-state index is 0.506. The molecule has 0 atom stereocenters. The fraction of sp³-hybridized carbons (Fsp3) is 0.300. The summed E-state index contributed by atoms with van der Waals surface area (Å²) in [6.07, 6.45) is 1.23. The van der Waals surface area contributed by atoms with Gasteiger partial charge in [0.05, 0.1) is 0 Å². The summed E-state index contributed by atoms with van der Waals surface area (Å²) in [5, 5.41) is 8.83. The molecule has 0 aliphatic rings. The minimum Gasteiger partial charge on any atom is -0.480 e. The van der Waals surface area contributed by atoms with E-state index in [-0.39, 0.29) is 0 Å². The van der Waals surface area contributed by atoms with Gasteiger partial charge in [-0.1, -0.05) is 62.2 Å². The van der Waals surface area contributed by atoms with E-state index in [0.717, 1.165) is 12.0 Å². The molecule has 1 aromatic carbocycles. The van der Waals surface area contributed by atoms with Gasteiger partial charge in [-0.25, -0.2) is 4.79 Å². The minimum atomic E-state index is -1.00. The van der Waals surface area contributed by atoms with Gasteiger partial charge in [0.15, 0.2) is 3.23 Å². The zero-order chi connectivity index (χ0) is 10.6. The molecule has 0 unspecified atom stereocenters. The molecule has 0 amide bonds. The average Bonchev–Trinajstić information content (AvgIpc) is 2.16. The summed E-state index contributed by atoms with van der Waals surface area (Å²) in [4.78, 5) is 10.7. The maximum absolute atomic E-state index is 10.7. The quantitative estimate of drug-likeness (QED) is 0.865. The summed E-state index contributed by atoms with van der Waals surface area (Å²) >= 11 is 6.24. The van der Waals surface area contributed by atoms with Crippen LogP contribution >= 0.6 is 31.9 Å². The predicted octanol–water partition coefficient (Wildman–Crippen LogP) is 3.19. The number of halogens is 2. The first-order chi connectivity index (χ1) is 6.52. The summed E-state index contributed by atoms with van der Waals surface area (Å²) in [7, 11) is 0. The third kappa shape index (κ3) is 3.42. The summed E-state index contributed by atoms with van der Waals surface area (Å²) in [5.41, 5.74) is 1.14. The molecule has 2 nitrogen and oxygen atoms in total. The lowest BCUT2D eigenvalue weighted by Gasteiger charge is -2.14. The van der Waals surface area contributed by atoms with Crippen LogP contribution < -0.4 is 0 Å². The summed E-state index contributed by atoms with van der Waals surface area (Å²) in [6, 6.07) is 9.80. The number of hydrogen-bond donors (Lipinski definition) is 1. The van der Waals surface area contributed by atoms with Gasteiger partial charge in [-0.2, -0.15) is 0 Å². The molecule has 0 saturated carbocycles. The van der Waals surface area contributed by atoms with Gasteiger partial charge in [0.2, 0.25) is 0 Å². The Labute approximate surface area is 99.6 Å². The zero-order valence-electron chi connectivity index (χ0n) is 7.41. The maximum Gasteiger partial charge on any atom is 0.331 e. The van der Waals surface area contributed by atoms with Crippen molar-refractivity contribution in [1.29, 1.82) is 0 Å². The van der Waals surface area contributed by atoms with E-state index in [1.807, 2.05) is 30.3 Å². The molecule has 1 rings (SSSR count). The van der Waals surface area contributed by atoms with Crippen molar-refractivity contribution in [1.82, 2.24) is 0 Å². The van der Waals surface area contributed by atoms with Crippen molar-refractivity contribution in [3.63, 3.8) is 0 Å². The molecule has 4 heteroatoms. The van der Waals surface area contributed by atoms with Crippen LogP contribution in [0.5, 0.6) is 0 Å². The van der Waals surface area contributed by atoms with Crippen molar-refractivity contribution in [3.05, 3.63) is 35.9 Å². The number of aryl methyl sites for hydroxylation is 1. The third-order valence-corrected chi connectivity index (χ3v) is 3.35. The number of carboxylic acids is 1. The van der Waals surface area contributed by atoms with Gasteiger partial charge < -0.3 is 5.11 Å². The van der Waals surface area contributed by atoms with Gasteiger partial charge in [0.25, 0.3) is 0 Å². The Kier molecular flexibility index (Phi) is 4.13. The highest BCUT2D eigenvalue weighted by Crippen LogP contribution is 2.31. The molecule has 0 fully saturated rings. The molecular weight excluding hydrogens is 312 g/mol. The normalized spacial score (nSPS) is 11.3. The van der Waals surface area contributed by atoms with Crippen LogP contribution in [0.3, 0.4) is 0 Å². The molecule has 0 aliphatic heterocycles. The fourth-order valence-electron chi connectivity index (χ4n) is 1.05. The molecule has 76 valence electrons. The Hall–Kier alpha value is -0.350. The van der Waals surface area contributed by atoms with Crippen molar-refractivity contribution in [2.75, 3.05) is 0 Å². The van der Waals surface area contributed by atoms with Gasteiger partial charge in [-0.15, -0.1) is 0 Å². The molecule has 0 aromatic heterocycles. The summed E-state index contributed by atoms with van der Waals surface area (Å²) < 4.78 is -1.00. The summed E-state index contributed by atoms with van der Waals surface area (Å²) in [6.45, 7) is 0. The molecule has 0 bridgehead atoms. The van der Waals surface area contributed by atoms with Crippen molar-refractivity contribution in [2.24, 2.45) is 0 Å². The maximum atomic E-state index is 10.7. The van der Waals surface area contributed by atoms with E-state index in [4.69, 9.17) is 5.11 Å². The SMILES string of the molecule is O=C(O)C(Br)(Br)CCc1ccccc1. The van der Waals surface area contributed by atoms with Crippen LogP contribution in [0.1, 0.15) is 12.0 Å². The number of carboxylic acid groups (broad SMARTS) is 1. The monoisotopic (exact) mass is 320 g/mol. The molecule has 1 aromatic rings. The Balaban J connectivity index is 2.53. The van der Waals surface area contributed by atoms with Crippen LogP contribution in [0.15, 0.2) is 30.3 Å².